The molecule has 0 bridgehead atoms. The molecular weight excluding hydrogens is 248 g/mol. The van der Waals surface area contributed by atoms with Crippen molar-refractivity contribution in [2.75, 3.05) is 0 Å². The van der Waals surface area contributed by atoms with Crippen LogP contribution in [0.1, 0.15) is 10.4 Å². The lowest BCUT2D eigenvalue weighted by Crippen LogP contribution is -2.23. The fourth-order valence-corrected chi connectivity index (χ4v) is 1.63. The number of benzene rings is 1. The Kier molecular flexibility index (Phi) is 2.64. The molecule has 17 heavy (non-hydrogen) atoms. The van der Waals surface area contributed by atoms with Crippen LogP contribution in [0.2, 0.25) is 5.02 Å². The summed E-state index contributed by atoms with van der Waals surface area (Å²) in [5.41, 5.74) is 0.823. The van der Waals surface area contributed by atoms with Crippen LogP contribution in [0.15, 0.2) is 18.5 Å². The molecule has 0 atom stereocenters. The number of rotatable bonds is 3. The summed E-state index contributed by atoms with van der Waals surface area (Å²) < 4.78 is 0. The molecule has 0 saturated heterocycles. The van der Waals surface area contributed by atoms with E-state index >= 15 is 0 Å². The average Bonchev–Trinajstić information content (AvgIpc) is 2.75. The molecule has 1 aromatic heterocycles. The zero-order valence-electron chi connectivity index (χ0n) is 8.23. The van der Waals surface area contributed by atoms with Crippen molar-refractivity contribution in [1.29, 1.82) is 0 Å². The Bertz CT molecular complexity index is 647. The SMILES string of the molecule is O=C(O)C(=O)C(=O)c1cc(Cl)c2nc[nH]c2c1. The predicted octanol–water partition coefficient (Wildman–Crippen LogP) is 1.05. The highest BCUT2D eigenvalue weighted by atomic mass is 35.5. The molecule has 0 spiro atoms. The minimum atomic E-state index is -1.80. The van der Waals surface area contributed by atoms with E-state index in [-0.39, 0.29) is 10.6 Å². The smallest absolute Gasteiger partial charge is 0.380 e. The summed E-state index contributed by atoms with van der Waals surface area (Å²) in [6, 6.07) is 2.55. The second-order valence-electron chi connectivity index (χ2n) is 3.22. The first-order valence-electron chi connectivity index (χ1n) is 4.45. The predicted molar refractivity (Wildman–Crippen MR) is 58.1 cm³/mol. The number of ketones is 2. The number of nitrogens with zero attached hydrogens (tertiary/aromatic N) is 1. The van der Waals surface area contributed by atoms with Gasteiger partial charge in [0.1, 0.15) is 5.52 Å². The van der Waals surface area contributed by atoms with Gasteiger partial charge in [-0.05, 0) is 12.1 Å². The molecule has 2 N–H and O–H groups in total. The maximum atomic E-state index is 11.5. The Morgan fingerprint density at radius 3 is 2.65 bits per heavy atom. The van der Waals surface area contributed by atoms with Gasteiger partial charge in [0.05, 0.1) is 16.9 Å². The third-order valence-corrected chi connectivity index (χ3v) is 2.43. The number of fused-ring (bicyclic) bond motifs is 1. The second kappa shape index (κ2) is 3.99. The number of aromatic nitrogens is 2. The lowest BCUT2D eigenvalue weighted by molar-refractivity contribution is -0.146. The van der Waals surface area contributed by atoms with Gasteiger partial charge in [0.2, 0.25) is 5.78 Å². The van der Waals surface area contributed by atoms with Gasteiger partial charge < -0.3 is 10.1 Å². The molecule has 7 heteroatoms. The minimum absolute atomic E-state index is 0.0841. The second-order valence-corrected chi connectivity index (χ2v) is 3.63. The molecule has 0 fully saturated rings. The average molecular weight is 253 g/mol. The van der Waals surface area contributed by atoms with Gasteiger partial charge in [-0.3, -0.25) is 9.59 Å². The number of carbonyl (C=O) groups excluding carboxylic acids is 2. The van der Waals surface area contributed by atoms with Gasteiger partial charge in [0.25, 0.3) is 0 Å². The highest BCUT2D eigenvalue weighted by molar-refractivity contribution is 6.65. The first-order valence-corrected chi connectivity index (χ1v) is 4.83. The molecular formula is C10H5ClN2O4. The summed E-state index contributed by atoms with van der Waals surface area (Å²) in [7, 11) is 0. The van der Waals surface area contributed by atoms with E-state index in [0.717, 1.165) is 0 Å². The normalized spacial score (nSPS) is 10.4. The molecule has 2 rings (SSSR count). The molecule has 0 aliphatic rings. The Morgan fingerprint density at radius 1 is 1.29 bits per heavy atom. The first kappa shape index (κ1) is 11.3. The molecule has 6 nitrogen and oxygen atoms in total. The minimum Gasteiger partial charge on any atom is -0.475 e. The molecule has 0 amide bonds. The summed E-state index contributed by atoms with van der Waals surface area (Å²) >= 11 is 5.84. The van der Waals surface area contributed by atoms with Crippen molar-refractivity contribution in [3.8, 4) is 0 Å². The van der Waals surface area contributed by atoms with E-state index < -0.39 is 17.5 Å². The van der Waals surface area contributed by atoms with Crippen molar-refractivity contribution in [3.63, 3.8) is 0 Å². The summed E-state index contributed by atoms with van der Waals surface area (Å²) in [5.74, 6) is -4.41. The van der Waals surface area contributed by atoms with E-state index in [2.05, 4.69) is 9.97 Å². The number of aliphatic carboxylic acids is 1. The highest BCUT2D eigenvalue weighted by Crippen LogP contribution is 2.22. The topological polar surface area (TPSA) is 100 Å². The quantitative estimate of drug-likeness (QED) is 0.483. The lowest BCUT2D eigenvalue weighted by Gasteiger charge is -1.99. The van der Waals surface area contributed by atoms with Gasteiger partial charge in [0.15, 0.2) is 0 Å². The third-order valence-electron chi connectivity index (χ3n) is 2.14. The molecule has 0 aliphatic carbocycles. The number of carboxylic acid groups (broad SMARTS) is 1. The number of aromatic amines is 1. The van der Waals surface area contributed by atoms with Crippen molar-refractivity contribution >= 4 is 40.2 Å². The molecule has 0 saturated carbocycles. The number of imidazole rings is 1. The van der Waals surface area contributed by atoms with E-state index in [1.165, 1.54) is 18.5 Å². The van der Waals surface area contributed by atoms with Crippen LogP contribution in [0.3, 0.4) is 0 Å². The number of carboxylic acids is 1. The fraction of sp³-hybridized carbons (Fsp3) is 0. The van der Waals surface area contributed by atoms with Crippen molar-refractivity contribution in [1.82, 2.24) is 9.97 Å². The molecule has 0 aliphatic heterocycles. The Balaban J connectivity index is 2.53. The lowest BCUT2D eigenvalue weighted by atomic mass is 10.1. The van der Waals surface area contributed by atoms with E-state index in [1.807, 2.05) is 0 Å². The standard InChI is InChI=1S/C10H5ClN2O4/c11-5-1-4(8(14)9(15)10(16)17)2-6-7(5)13-3-12-6/h1-3H,(H,12,13)(H,16,17). The zero-order chi connectivity index (χ0) is 12.6. The number of H-pyrrole nitrogens is 1. The summed E-state index contributed by atoms with van der Waals surface area (Å²) in [6.07, 6.45) is 1.38. The fourth-order valence-electron chi connectivity index (χ4n) is 1.37. The van der Waals surface area contributed by atoms with Gasteiger partial charge >= 0.3 is 11.8 Å². The molecule has 86 valence electrons. The maximum absolute atomic E-state index is 11.5. The molecule has 2 aromatic rings. The van der Waals surface area contributed by atoms with Gasteiger partial charge in [-0.1, -0.05) is 11.6 Å². The van der Waals surface area contributed by atoms with Crippen molar-refractivity contribution < 1.29 is 19.5 Å². The van der Waals surface area contributed by atoms with Gasteiger partial charge in [-0.2, -0.15) is 0 Å². The van der Waals surface area contributed by atoms with Crippen molar-refractivity contribution in [2.24, 2.45) is 0 Å². The van der Waals surface area contributed by atoms with E-state index in [1.54, 1.807) is 0 Å². The first-order chi connectivity index (χ1) is 8.00. The van der Waals surface area contributed by atoms with Crippen LogP contribution in [0.5, 0.6) is 0 Å². The maximum Gasteiger partial charge on any atom is 0.380 e. The number of hydrogen-bond donors (Lipinski definition) is 2. The van der Waals surface area contributed by atoms with Crippen LogP contribution < -0.4 is 0 Å². The zero-order valence-corrected chi connectivity index (χ0v) is 8.99. The largest absolute Gasteiger partial charge is 0.475 e. The van der Waals surface area contributed by atoms with Crippen LogP contribution in [0, 0.1) is 0 Å². The summed E-state index contributed by atoms with van der Waals surface area (Å²) in [6.45, 7) is 0. The number of Topliss-reactive ketones (excluding diaryl/α,β-unsaturated/α-hetero) is 2. The van der Waals surface area contributed by atoms with Gasteiger partial charge in [0, 0.05) is 5.56 Å². The Hall–Kier alpha value is -2.21. The van der Waals surface area contributed by atoms with Crippen LogP contribution in [-0.4, -0.2) is 32.6 Å². The summed E-state index contributed by atoms with van der Waals surface area (Å²) in [4.78, 5) is 39.5. The molecule has 1 aromatic carbocycles. The molecule has 1 heterocycles. The van der Waals surface area contributed by atoms with Crippen LogP contribution in [-0.2, 0) is 9.59 Å². The summed E-state index contributed by atoms with van der Waals surface area (Å²) in [5, 5.41) is 8.60. The number of nitrogens with one attached hydrogen (secondary N) is 1. The van der Waals surface area contributed by atoms with Crippen molar-refractivity contribution in [3.05, 3.63) is 29.0 Å². The number of carbonyl (C=O) groups is 3. The van der Waals surface area contributed by atoms with E-state index in [4.69, 9.17) is 16.7 Å². The number of hydrogen-bond acceptors (Lipinski definition) is 4. The van der Waals surface area contributed by atoms with E-state index in [0.29, 0.717) is 11.0 Å². The van der Waals surface area contributed by atoms with Crippen molar-refractivity contribution in [2.45, 2.75) is 0 Å². The van der Waals surface area contributed by atoms with Crippen LogP contribution in [0.4, 0.5) is 0 Å². The van der Waals surface area contributed by atoms with Gasteiger partial charge in [-0.25, -0.2) is 9.78 Å². The highest BCUT2D eigenvalue weighted by Gasteiger charge is 2.24. The van der Waals surface area contributed by atoms with E-state index in [9.17, 15) is 14.4 Å². The Labute approximate surface area is 99.2 Å². The van der Waals surface area contributed by atoms with Crippen LogP contribution in [0.25, 0.3) is 11.0 Å². The number of halogens is 1. The molecule has 0 unspecified atom stereocenters. The third kappa shape index (κ3) is 1.90. The monoisotopic (exact) mass is 252 g/mol. The Morgan fingerprint density at radius 2 is 2.00 bits per heavy atom. The molecule has 0 radical (unpaired) electrons. The van der Waals surface area contributed by atoms with Gasteiger partial charge in [-0.15, -0.1) is 0 Å². The van der Waals surface area contributed by atoms with Crippen LogP contribution >= 0.6 is 11.6 Å².